The fourth-order valence-corrected chi connectivity index (χ4v) is 7.38. The van der Waals surface area contributed by atoms with Gasteiger partial charge in [-0.1, -0.05) is 102 Å². The standard InChI is InChI=1S/C40H37N3/c1-39(2,3)21-24-15-16-27-26(19-24)20-30-36-35-32(41-23-42-36)18-17-29-34-28(25-11-8-7-9-12-25)13-10-14-33(34)43(38(29)35)37(30)31(27)22-40(4,5)6/h7-20,23H,21-22H2,1-6H3. The third kappa shape index (κ3) is 4.09. The number of fused-ring (bicyclic) bond motifs is 7. The molecule has 8 rings (SSSR count). The summed E-state index contributed by atoms with van der Waals surface area (Å²) in [6.45, 7) is 14.0. The van der Waals surface area contributed by atoms with Crippen molar-refractivity contribution in [2.75, 3.05) is 0 Å². The van der Waals surface area contributed by atoms with Gasteiger partial charge in [-0.2, -0.15) is 0 Å². The number of hydrogen-bond acceptors (Lipinski definition) is 2. The summed E-state index contributed by atoms with van der Waals surface area (Å²) in [5, 5.41) is 7.53. The van der Waals surface area contributed by atoms with E-state index < -0.39 is 0 Å². The van der Waals surface area contributed by atoms with Gasteiger partial charge in [-0.15, -0.1) is 0 Å². The molecule has 0 fully saturated rings. The van der Waals surface area contributed by atoms with Gasteiger partial charge < -0.3 is 4.40 Å². The van der Waals surface area contributed by atoms with Crippen molar-refractivity contribution in [1.82, 2.24) is 14.4 Å². The molecule has 0 saturated heterocycles. The number of rotatable bonds is 3. The van der Waals surface area contributed by atoms with Gasteiger partial charge in [-0.3, -0.25) is 0 Å². The molecule has 0 bridgehead atoms. The summed E-state index contributed by atoms with van der Waals surface area (Å²) in [6, 6.07) is 31.6. The summed E-state index contributed by atoms with van der Waals surface area (Å²) in [5.74, 6) is 0. The Hall–Kier alpha value is -4.50. The number of nitrogens with zero attached hydrogens (tertiary/aromatic N) is 3. The lowest BCUT2D eigenvalue weighted by atomic mass is 9.83. The van der Waals surface area contributed by atoms with Crippen LogP contribution < -0.4 is 0 Å². The molecule has 0 unspecified atom stereocenters. The van der Waals surface area contributed by atoms with E-state index in [-0.39, 0.29) is 10.8 Å². The molecule has 3 heterocycles. The van der Waals surface area contributed by atoms with E-state index in [1.165, 1.54) is 65.7 Å². The minimum atomic E-state index is 0.0986. The molecule has 5 aromatic carbocycles. The van der Waals surface area contributed by atoms with Crippen LogP contribution >= 0.6 is 0 Å². The van der Waals surface area contributed by atoms with Gasteiger partial charge in [0.25, 0.3) is 0 Å². The molecule has 3 aromatic heterocycles. The SMILES string of the molecule is CC(C)(C)Cc1ccc2c(CC(C)(C)C)c3c(cc2c1)c1ncnc2ccc4c5c(-c6ccccc6)cccc5n3c4c21. The van der Waals surface area contributed by atoms with Gasteiger partial charge in [0.2, 0.25) is 0 Å². The van der Waals surface area contributed by atoms with Crippen molar-refractivity contribution in [2.24, 2.45) is 10.8 Å². The van der Waals surface area contributed by atoms with E-state index >= 15 is 0 Å². The highest BCUT2D eigenvalue weighted by Crippen LogP contribution is 2.45. The first-order valence-corrected chi connectivity index (χ1v) is 15.4. The first-order chi connectivity index (χ1) is 20.6. The Morgan fingerprint density at radius 2 is 1.40 bits per heavy atom. The lowest BCUT2D eigenvalue weighted by Crippen LogP contribution is -2.12. The highest BCUT2D eigenvalue weighted by atomic mass is 14.9. The third-order valence-electron chi connectivity index (χ3n) is 8.84. The average molecular weight is 560 g/mol. The van der Waals surface area contributed by atoms with E-state index in [1.807, 2.05) is 0 Å². The van der Waals surface area contributed by atoms with Crippen molar-refractivity contribution in [3.8, 4) is 11.1 Å². The summed E-state index contributed by atoms with van der Waals surface area (Å²) in [7, 11) is 0. The monoisotopic (exact) mass is 559 g/mol. The zero-order valence-corrected chi connectivity index (χ0v) is 25.9. The van der Waals surface area contributed by atoms with Crippen LogP contribution in [0.5, 0.6) is 0 Å². The molecule has 0 aliphatic heterocycles. The zero-order valence-electron chi connectivity index (χ0n) is 25.9. The smallest absolute Gasteiger partial charge is 0.116 e. The second kappa shape index (κ2) is 9.00. The molecular weight excluding hydrogens is 522 g/mol. The first-order valence-electron chi connectivity index (χ1n) is 15.4. The number of aromatic nitrogens is 3. The molecule has 0 N–H and O–H groups in total. The van der Waals surface area contributed by atoms with E-state index in [9.17, 15) is 0 Å². The summed E-state index contributed by atoms with van der Waals surface area (Å²) >= 11 is 0. The van der Waals surface area contributed by atoms with Gasteiger partial charge in [0.15, 0.2) is 0 Å². The molecule has 0 aliphatic carbocycles. The Morgan fingerprint density at radius 1 is 0.628 bits per heavy atom. The maximum absolute atomic E-state index is 5.01. The number of benzene rings is 5. The van der Waals surface area contributed by atoms with Gasteiger partial charge in [0.1, 0.15) is 6.33 Å². The molecule has 0 saturated carbocycles. The molecule has 0 amide bonds. The van der Waals surface area contributed by atoms with Crippen LogP contribution in [0.4, 0.5) is 0 Å². The molecule has 8 aromatic rings. The van der Waals surface area contributed by atoms with Crippen molar-refractivity contribution in [1.29, 1.82) is 0 Å². The Bertz CT molecular complexity index is 2350. The van der Waals surface area contributed by atoms with Gasteiger partial charge in [-0.25, -0.2) is 9.97 Å². The molecule has 43 heavy (non-hydrogen) atoms. The Labute approximate surface area is 252 Å². The summed E-state index contributed by atoms with van der Waals surface area (Å²) in [6.07, 6.45) is 3.74. The van der Waals surface area contributed by atoms with Crippen molar-refractivity contribution in [3.63, 3.8) is 0 Å². The Balaban J connectivity index is 1.63. The third-order valence-corrected chi connectivity index (χ3v) is 8.84. The lowest BCUT2D eigenvalue weighted by molar-refractivity contribution is 0.411. The maximum atomic E-state index is 5.01. The molecule has 0 radical (unpaired) electrons. The molecule has 212 valence electrons. The highest BCUT2D eigenvalue weighted by molar-refractivity contribution is 6.30. The van der Waals surface area contributed by atoms with Crippen LogP contribution in [0.1, 0.15) is 52.7 Å². The van der Waals surface area contributed by atoms with Gasteiger partial charge in [0, 0.05) is 16.2 Å². The van der Waals surface area contributed by atoms with Crippen LogP contribution in [0.3, 0.4) is 0 Å². The fourth-order valence-electron chi connectivity index (χ4n) is 7.38. The predicted octanol–water partition coefficient (Wildman–Crippen LogP) is 10.8. The number of pyridine rings is 1. The van der Waals surface area contributed by atoms with Crippen molar-refractivity contribution in [2.45, 2.75) is 54.4 Å². The molecule has 3 heteroatoms. The fraction of sp³-hybridized carbons (Fsp3) is 0.250. The topological polar surface area (TPSA) is 30.2 Å². The quantitative estimate of drug-likeness (QED) is 0.159. The average Bonchev–Trinajstić information content (AvgIpc) is 3.30. The lowest BCUT2D eigenvalue weighted by Gasteiger charge is -2.24. The van der Waals surface area contributed by atoms with Gasteiger partial charge in [0.05, 0.1) is 33.0 Å². The Kier molecular flexibility index (Phi) is 5.47. The number of hydrogen-bond donors (Lipinski definition) is 0. The molecule has 0 spiro atoms. The normalized spacial score (nSPS) is 13.1. The van der Waals surface area contributed by atoms with Crippen LogP contribution in [0, 0.1) is 10.8 Å². The molecule has 0 atom stereocenters. The van der Waals surface area contributed by atoms with Gasteiger partial charge >= 0.3 is 0 Å². The van der Waals surface area contributed by atoms with Crippen LogP contribution in [0.2, 0.25) is 0 Å². The Morgan fingerprint density at radius 3 is 2.16 bits per heavy atom. The van der Waals surface area contributed by atoms with Crippen molar-refractivity contribution in [3.05, 3.63) is 102 Å². The van der Waals surface area contributed by atoms with Crippen molar-refractivity contribution < 1.29 is 0 Å². The van der Waals surface area contributed by atoms with E-state index in [1.54, 1.807) is 6.33 Å². The van der Waals surface area contributed by atoms with Gasteiger partial charge in [-0.05, 0) is 81.0 Å². The largest absolute Gasteiger partial charge is 0.307 e. The second-order valence-electron chi connectivity index (χ2n) is 14.8. The highest BCUT2D eigenvalue weighted by Gasteiger charge is 2.25. The molecular formula is C40H37N3. The molecule has 3 nitrogen and oxygen atoms in total. The van der Waals surface area contributed by atoms with Crippen LogP contribution in [-0.4, -0.2) is 14.4 Å². The summed E-state index contributed by atoms with van der Waals surface area (Å²) < 4.78 is 2.55. The first kappa shape index (κ1) is 26.2. The van der Waals surface area contributed by atoms with Crippen molar-refractivity contribution >= 4 is 59.9 Å². The predicted molar refractivity (Wildman–Crippen MR) is 183 cm³/mol. The van der Waals surface area contributed by atoms with E-state index in [0.29, 0.717) is 0 Å². The second-order valence-corrected chi connectivity index (χ2v) is 14.8. The van der Waals surface area contributed by atoms with E-state index in [2.05, 4.69) is 131 Å². The zero-order chi connectivity index (χ0) is 29.7. The van der Waals surface area contributed by atoms with Crippen LogP contribution in [-0.2, 0) is 12.8 Å². The summed E-state index contributed by atoms with van der Waals surface area (Å²) in [4.78, 5) is 9.78. The van der Waals surface area contributed by atoms with E-state index in [4.69, 9.17) is 9.97 Å². The minimum Gasteiger partial charge on any atom is -0.307 e. The summed E-state index contributed by atoms with van der Waals surface area (Å²) in [5.41, 5.74) is 11.4. The van der Waals surface area contributed by atoms with Crippen LogP contribution in [0.15, 0.2) is 91.3 Å². The van der Waals surface area contributed by atoms with E-state index in [0.717, 1.165) is 29.3 Å². The molecule has 0 aliphatic rings. The maximum Gasteiger partial charge on any atom is 0.116 e. The minimum absolute atomic E-state index is 0.0986. The van der Waals surface area contributed by atoms with Crippen LogP contribution in [0.25, 0.3) is 71.0 Å².